The molecule has 1 amide bonds. The molecule has 0 aromatic carbocycles. The summed E-state index contributed by atoms with van der Waals surface area (Å²) < 4.78 is 0. The molecule has 1 fully saturated rings. The second-order valence-electron chi connectivity index (χ2n) is 5.75. The van der Waals surface area contributed by atoms with E-state index in [-0.39, 0.29) is 11.3 Å². The molecule has 5 heteroatoms. The molecule has 0 spiro atoms. The molecule has 19 heavy (non-hydrogen) atoms. The molecule has 1 aliphatic rings. The van der Waals surface area contributed by atoms with Crippen LogP contribution in [0.2, 0.25) is 0 Å². The largest absolute Gasteiger partial charge is 0.355 e. The Labute approximate surface area is 119 Å². The van der Waals surface area contributed by atoms with Crippen LogP contribution in [0.25, 0.3) is 0 Å². The Balaban J connectivity index is 1.80. The van der Waals surface area contributed by atoms with Gasteiger partial charge in [-0.3, -0.25) is 4.79 Å². The summed E-state index contributed by atoms with van der Waals surface area (Å²) in [7, 11) is 0. The van der Waals surface area contributed by atoms with Crippen molar-refractivity contribution < 1.29 is 4.79 Å². The summed E-state index contributed by atoms with van der Waals surface area (Å²) >= 11 is 1.59. The summed E-state index contributed by atoms with van der Waals surface area (Å²) in [6.07, 6.45) is 3.12. The van der Waals surface area contributed by atoms with Gasteiger partial charge in [-0.05, 0) is 31.8 Å². The lowest BCUT2D eigenvalue weighted by atomic mass is 9.74. The lowest BCUT2D eigenvalue weighted by molar-refractivity contribution is -0.132. The predicted octanol–water partition coefficient (Wildman–Crippen LogP) is 1.83. The van der Waals surface area contributed by atoms with Crippen LogP contribution in [0.4, 0.5) is 0 Å². The van der Waals surface area contributed by atoms with Crippen LogP contribution >= 0.6 is 11.3 Å². The number of thiazole rings is 1. The van der Waals surface area contributed by atoms with Gasteiger partial charge in [0.05, 0.1) is 11.2 Å². The summed E-state index contributed by atoms with van der Waals surface area (Å²) in [5.41, 5.74) is 2.59. The smallest absolute Gasteiger partial charge is 0.225 e. The number of nitrogens with zero attached hydrogens (tertiary/aromatic N) is 1. The van der Waals surface area contributed by atoms with Gasteiger partial charge in [0.25, 0.3) is 0 Å². The Morgan fingerprint density at radius 1 is 1.63 bits per heavy atom. The lowest BCUT2D eigenvalue weighted by Gasteiger charge is -2.36. The van der Waals surface area contributed by atoms with E-state index in [0.29, 0.717) is 12.5 Å². The first-order chi connectivity index (χ1) is 9.10. The molecule has 1 aliphatic heterocycles. The molecule has 1 atom stereocenters. The molecule has 0 saturated carbocycles. The van der Waals surface area contributed by atoms with E-state index in [1.807, 2.05) is 10.9 Å². The highest BCUT2D eigenvalue weighted by Gasteiger charge is 2.36. The van der Waals surface area contributed by atoms with Gasteiger partial charge in [-0.25, -0.2) is 4.98 Å². The first-order valence-electron chi connectivity index (χ1n) is 6.97. The number of piperidine rings is 1. The maximum atomic E-state index is 12.3. The van der Waals surface area contributed by atoms with Gasteiger partial charge in [0, 0.05) is 23.8 Å². The number of hydrogen-bond donors (Lipinski definition) is 2. The molecule has 0 aliphatic carbocycles. The maximum Gasteiger partial charge on any atom is 0.225 e. The van der Waals surface area contributed by atoms with E-state index in [9.17, 15) is 4.79 Å². The Hall–Kier alpha value is -0.940. The molecular weight excluding hydrogens is 258 g/mol. The number of carbonyl (C=O) groups excluding carboxylic acids is 1. The van der Waals surface area contributed by atoms with Gasteiger partial charge in [0.15, 0.2) is 0 Å². The molecule has 1 saturated heterocycles. The van der Waals surface area contributed by atoms with Gasteiger partial charge in [0.2, 0.25) is 5.91 Å². The summed E-state index contributed by atoms with van der Waals surface area (Å²) in [6, 6.07) is 0. The van der Waals surface area contributed by atoms with E-state index < -0.39 is 0 Å². The van der Waals surface area contributed by atoms with E-state index in [2.05, 4.69) is 29.5 Å². The lowest BCUT2D eigenvalue weighted by Crippen LogP contribution is -2.47. The molecule has 1 aromatic rings. The highest BCUT2D eigenvalue weighted by Crippen LogP contribution is 2.31. The van der Waals surface area contributed by atoms with Crippen molar-refractivity contribution in [3.05, 3.63) is 16.6 Å². The minimum atomic E-state index is -0.296. The van der Waals surface area contributed by atoms with Gasteiger partial charge in [-0.2, -0.15) is 0 Å². The van der Waals surface area contributed by atoms with Crippen molar-refractivity contribution in [2.24, 2.45) is 11.3 Å². The minimum Gasteiger partial charge on any atom is -0.355 e. The summed E-state index contributed by atoms with van der Waals surface area (Å²) in [5, 5.41) is 8.47. The molecule has 106 valence electrons. The molecule has 4 nitrogen and oxygen atoms in total. The standard InChI is InChI=1S/C14H23N3OS/c1-14(2,11-4-3-6-15-8-11)13(18)16-7-5-12-9-19-10-17-12/h9-11,15H,3-8H2,1-2H3,(H,16,18). The number of amides is 1. The third-order valence-electron chi connectivity index (χ3n) is 4.05. The monoisotopic (exact) mass is 281 g/mol. The van der Waals surface area contributed by atoms with Crippen LogP contribution in [0.15, 0.2) is 10.9 Å². The molecule has 2 rings (SSSR count). The molecule has 0 bridgehead atoms. The van der Waals surface area contributed by atoms with Crippen LogP contribution in [-0.4, -0.2) is 30.5 Å². The molecule has 2 heterocycles. The average Bonchev–Trinajstić information content (AvgIpc) is 2.93. The minimum absolute atomic E-state index is 0.163. The summed E-state index contributed by atoms with van der Waals surface area (Å²) in [5.74, 6) is 0.594. The quantitative estimate of drug-likeness (QED) is 0.866. The second kappa shape index (κ2) is 6.48. The number of nitrogens with one attached hydrogen (secondary N) is 2. The number of hydrogen-bond acceptors (Lipinski definition) is 4. The van der Waals surface area contributed by atoms with Crippen LogP contribution in [0.5, 0.6) is 0 Å². The molecule has 1 aromatic heterocycles. The van der Waals surface area contributed by atoms with Gasteiger partial charge in [0.1, 0.15) is 0 Å². The fraction of sp³-hybridized carbons (Fsp3) is 0.714. The summed E-state index contributed by atoms with van der Waals surface area (Å²) in [4.78, 5) is 16.6. The van der Waals surface area contributed by atoms with Crippen LogP contribution in [0, 0.1) is 11.3 Å². The first kappa shape index (κ1) is 14.5. The Kier molecular flexibility index (Phi) is 4.93. The van der Waals surface area contributed by atoms with Gasteiger partial charge >= 0.3 is 0 Å². The van der Waals surface area contributed by atoms with Gasteiger partial charge in [-0.1, -0.05) is 13.8 Å². The van der Waals surface area contributed by atoms with Crippen LogP contribution < -0.4 is 10.6 Å². The second-order valence-corrected chi connectivity index (χ2v) is 6.47. The van der Waals surface area contributed by atoms with E-state index in [0.717, 1.165) is 31.6 Å². The zero-order valence-corrected chi connectivity index (χ0v) is 12.6. The van der Waals surface area contributed by atoms with E-state index >= 15 is 0 Å². The van der Waals surface area contributed by atoms with E-state index in [1.54, 1.807) is 11.3 Å². The zero-order valence-electron chi connectivity index (χ0n) is 11.7. The highest BCUT2D eigenvalue weighted by molar-refractivity contribution is 7.07. The topological polar surface area (TPSA) is 54.0 Å². The Morgan fingerprint density at radius 2 is 2.47 bits per heavy atom. The SMILES string of the molecule is CC(C)(C(=O)NCCc1cscn1)C1CCCNC1. The van der Waals surface area contributed by atoms with Gasteiger partial charge in [-0.15, -0.1) is 11.3 Å². The number of carbonyl (C=O) groups is 1. The predicted molar refractivity (Wildman–Crippen MR) is 78.2 cm³/mol. The van der Waals surface area contributed by atoms with Crippen LogP contribution in [-0.2, 0) is 11.2 Å². The fourth-order valence-electron chi connectivity index (χ4n) is 2.55. The van der Waals surface area contributed by atoms with Crippen molar-refractivity contribution in [3.8, 4) is 0 Å². The van der Waals surface area contributed by atoms with Crippen molar-refractivity contribution >= 4 is 17.2 Å². The zero-order chi connectivity index (χ0) is 13.7. The third-order valence-corrected chi connectivity index (χ3v) is 4.69. The molecule has 2 N–H and O–H groups in total. The normalized spacial score (nSPS) is 20.2. The van der Waals surface area contributed by atoms with Crippen molar-refractivity contribution in [1.82, 2.24) is 15.6 Å². The van der Waals surface area contributed by atoms with Crippen molar-refractivity contribution in [2.45, 2.75) is 33.1 Å². The van der Waals surface area contributed by atoms with E-state index in [1.165, 1.54) is 6.42 Å². The maximum absolute atomic E-state index is 12.3. The average molecular weight is 281 g/mol. The highest BCUT2D eigenvalue weighted by atomic mass is 32.1. The van der Waals surface area contributed by atoms with Gasteiger partial charge < -0.3 is 10.6 Å². The first-order valence-corrected chi connectivity index (χ1v) is 7.91. The molecule has 1 unspecified atom stereocenters. The van der Waals surface area contributed by atoms with E-state index in [4.69, 9.17) is 0 Å². The number of rotatable bonds is 5. The van der Waals surface area contributed by atoms with Crippen molar-refractivity contribution in [2.75, 3.05) is 19.6 Å². The third kappa shape index (κ3) is 3.76. The Morgan fingerprint density at radius 3 is 3.11 bits per heavy atom. The van der Waals surface area contributed by atoms with Crippen LogP contribution in [0.3, 0.4) is 0 Å². The number of aromatic nitrogens is 1. The van der Waals surface area contributed by atoms with Crippen molar-refractivity contribution in [3.63, 3.8) is 0 Å². The molecule has 0 radical (unpaired) electrons. The van der Waals surface area contributed by atoms with Crippen molar-refractivity contribution in [1.29, 1.82) is 0 Å². The summed E-state index contributed by atoms with van der Waals surface area (Å²) in [6.45, 7) is 6.82. The van der Waals surface area contributed by atoms with Crippen LogP contribution in [0.1, 0.15) is 32.4 Å². The fourth-order valence-corrected chi connectivity index (χ4v) is 3.14. The molecular formula is C14H23N3OS. The Bertz CT molecular complexity index is 397.